The maximum absolute atomic E-state index is 12.5. The normalized spacial score (nSPS) is 14.7. The summed E-state index contributed by atoms with van der Waals surface area (Å²) >= 11 is 3.43. The minimum atomic E-state index is -0.00491. The molecule has 1 aliphatic rings. The van der Waals surface area contributed by atoms with Crippen LogP contribution in [0.15, 0.2) is 47.2 Å². The Labute approximate surface area is 178 Å². The predicted molar refractivity (Wildman–Crippen MR) is 118 cm³/mol. The molecule has 29 heavy (non-hydrogen) atoms. The summed E-state index contributed by atoms with van der Waals surface area (Å²) in [6, 6.07) is 11.9. The number of benzene rings is 1. The Kier molecular flexibility index (Phi) is 6.43. The van der Waals surface area contributed by atoms with Gasteiger partial charge in [-0.1, -0.05) is 18.2 Å². The third-order valence-electron chi connectivity index (χ3n) is 4.95. The van der Waals surface area contributed by atoms with Crippen LogP contribution in [0.3, 0.4) is 0 Å². The van der Waals surface area contributed by atoms with E-state index in [4.69, 9.17) is 9.72 Å². The van der Waals surface area contributed by atoms with Gasteiger partial charge >= 0.3 is 6.03 Å². The number of piperazine rings is 1. The predicted octanol–water partition coefficient (Wildman–Crippen LogP) is 3.91. The van der Waals surface area contributed by atoms with Crippen LogP contribution in [-0.2, 0) is 13.1 Å². The average Bonchev–Trinajstić information content (AvgIpc) is 3.45. The molecule has 3 heterocycles. The SMILES string of the molecule is COc1ccc(CNC(=O)N2CCN(Cc3nc(-c4cccs4)cs3)CC2)cc1. The van der Waals surface area contributed by atoms with Gasteiger partial charge in [-0.25, -0.2) is 9.78 Å². The van der Waals surface area contributed by atoms with Gasteiger partial charge in [0, 0.05) is 38.1 Å². The van der Waals surface area contributed by atoms with Crippen LogP contribution in [0.25, 0.3) is 10.6 Å². The highest BCUT2D eigenvalue weighted by Crippen LogP contribution is 2.26. The number of hydrogen-bond acceptors (Lipinski definition) is 6. The molecule has 1 N–H and O–H groups in total. The van der Waals surface area contributed by atoms with Gasteiger partial charge in [0.25, 0.3) is 0 Å². The number of thiazole rings is 1. The van der Waals surface area contributed by atoms with Crippen LogP contribution in [0, 0.1) is 0 Å². The van der Waals surface area contributed by atoms with Crippen molar-refractivity contribution in [1.82, 2.24) is 20.1 Å². The Balaban J connectivity index is 1.22. The molecule has 0 spiro atoms. The first-order chi connectivity index (χ1) is 14.2. The lowest BCUT2D eigenvalue weighted by molar-refractivity contribution is 0.135. The van der Waals surface area contributed by atoms with Crippen molar-refractivity contribution in [1.29, 1.82) is 0 Å². The summed E-state index contributed by atoms with van der Waals surface area (Å²) in [5.41, 5.74) is 2.12. The monoisotopic (exact) mass is 428 g/mol. The number of thiophene rings is 1. The van der Waals surface area contributed by atoms with Gasteiger partial charge in [0.15, 0.2) is 0 Å². The van der Waals surface area contributed by atoms with Crippen molar-refractivity contribution in [3.63, 3.8) is 0 Å². The Hall–Kier alpha value is -2.42. The van der Waals surface area contributed by atoms with Crippen molar-refractivity contribution >= 4 is 28.7 Å². The fraction of sp³-hybridized carbons (Fsp3) is 0.333. The average molecular weight is 429 g/mol. The first kappa shape index (κ1) is 19.9. The van der Waals surface area contributed by atoms with Gasteiger partial charge in [0.1, 0.15) is 10.8 Å². The van der Waals surface area contributed by atoms with Crippen molar-refractivity contribution in [3.8, 4) is 16.3 Å². The van der Waals surface area contributed by atoms with E-state index in [1.54, 1.807) is 29.8 Å². The zero-order valence-corrected chi connectivity index (χ0v) is 18.0. The maximum atomic E-state index is 12.5. The molecule has 4 rings (SSSR count). The lowest BCUT2D eigenvalue weighted by Crippen LogP contribution is -2.51. The smallest absolute Gasteiger partial charge is 0.317 e. The van der Waals surface area contributed by atoms with Gasteiger partial charge in [0.2, 0.25) is 0 Å². The molecule has 3 aromatic rings. The van der Waals surface area contributed by atoms with Crippen molar-refractivity contribution in [3.05, 3.63) is 57.7 Å². The number of hydrogen-bond donors (Lipinski definition) is 1. The lowest BCUT2D eigenvalue weighted by atomic mass is 10.2. The fourth-order valence-corrected chi connectivity index (χ4v) is 4.85. The van der Waals surface area contributed by atoms with Crippen LogP contribution in [0.2, 0.25) is 0 Å². The summed E-state index contributed by atoms with van der Waals surface area (Å²) in [7, 11) is 1.65. The van der Waals surface area contributed by atoms with Crippen molar-refractivity contribution in [2.45, 2.75) is 13.1 Å². The molecule has 152 valence electrons. The summed E-state index contributed by atoms with van der Waals surface area (Å²) in [5, 5.41) is 8.34. The van der Waals surface area contributed by atoms with E-state index < -0.39 is 0 Å². The van der Waals surface area contributed by atoms with Crippen LogP contribution in [0.5, 0.6) is 5.75 Å². The summed E-state index contributed by atoms with van der Waals surface area (Å²) in [6.07, 6.45) is 0. The number of methoxy groups -OCH3 is 1. The minimum absolute atomic E-state index is 0.00491. The first-order valence-corrected chi connectivity index (χ1v) is 11.3. The number of aromatic nitrogens is 1. The highest BCUT2D eigenvalue weighted by atomic mass is 32.1. The van der Waals surface area contributed by atoms with E-state index in [2.05, 4.69) is 33.1 Å². The largest absolute Gasteiger partial charge is 0.497 e. The standard InChI is InChI=1S/C21H24N4O2S2/c1-27-17-6-4-16(5-7-17)13-22-21(26)25-10-8-24(9-11-25)14-20-23-18(15-29-20)19-3-2-12-28-19/h2-7,12,15H,8-11,13-14H2,1H3,(H,22,26). The van der Waals surface area contributed by atoms with E-state index in [-0.39, 0.29) is 6.03 Å². The molecule has 2 amide bonds. The molecule has 2 aromatic heterocycles. The third-order valence-corrected chi connectivity index (χ3v) is 6.67. The number of carbonyl (C=O) groups is 1. The molecule has 0 atom stereocenters. The number of nitrogens with one attached hydrogen (secondary N) is 1. The quantitative estimate of drug-likeness (QED) is 0.647. The zero-order valence-electron chi connectivity index (χ0n) is 16.3. The lowest BCUT2D eigenvalue weighted by Gasteiger charge is -2.34. The molecule has 0 radical (unpaired) electrons. The van der Waals surface area contributed by atoms with E-state index in [1.807, 2.05) is 29.2 Å². The second-order valence-corrected chi connectivity index (χ2v) is 8.76. The molecule has 0 saturated carbocycles. The molecule has 1 saturated heterocycles. The van der Waals surface area contributed by atoms with E-state index in [0.717, 1.165) is 54.7 Å². The second kappa shape index (κ2) is 9.39. The number of amides is 2. The van der Waals surface area contributed by atoms with Gasteiger partial charge in [-0.15, -0.1) is 22.7 Å². The van der Waals surface area contributed by atoms with Crippen LogP contribution in [0.1, 0.15) is 10.6 Å². The first-order valence-electron chi connectivity index (χ1n) is 9.57. The Morgan fingerprint density at radius 3 is 2.62 bits per heavy atom. The highest BCUT2D eigenvalue weighted by molar-refractivity contribution is 7.14. The summed E-state index contributed by atoms with van der Waals surface area (Å²) in [4.78, 5) is 22.7. The van der Waals surface area contributed by atoms with Crippen LogP contribution in [0.4, 0.5) is 4.79 Å². The van der Waals surface area contributed by atoms with Crippen LogP contribution < -0.4 is 10.1 Å². The zero-order chi connectivity index (χ0) is 20.1. The molecule has 1 fully saturated rings. The number of urea groups is 1. The summed E-state index contributed by atoms with van der Waals surface area (Å²) in [6.45, 7) is 4.56. The summed E-state index contributed by atoms with van der Waals surface area (Å²) < 4.78 is 5.16. The molecule has 0 aliphatic carbocycles. The van der Waals surface area contributed by atoms with Gasteiger partial charge in [-0.2, -0.15) is 0 Å². The second-order valence-electron chi connectivity index (χ2n) is 6.87. The number of ether oxygens (including phenoxy) is 1. The highest BCUT2D eigenvalue weighted by Gasteiger charge is 2.21. The van der Waals surface area contributed by atoms with E-state index in [1.165, 1.54) is 4.88 Å². The molecule has 8 heteroatoms. The van der Waals surface area contributed by atoms with Crippen molar-refractivity contribution in [2.24, 2.45) is 0 Å². The minimum Gasteiger partial charge on any atom is -0.497 e. The van der Waals surface area contributed by atoms with E-state index in [9.17, 15) is 4.79 Å². The van der Waals surface area contributed by atoms with Gasteiger partial charge in [-0.05, 0) is 29.1 Å². The fourth-order valence-electron chi connectivity index (χ4n) is 3.25. The molecular weight excluding hydrogens is 404 g/mol. The van der Waals surface area contributed by atoms with Crippen LogP contribution >= 0.6 is 22.7 Å². The van der Waals surface area contributed by atoms with Crippen molar-refractivity contribution in [2.75, 3.05) is 33.3 Å². The molecule has 0 unspecified atom stereocenters. The molecule has 1 aliphatic heterocycles. The van der Waals surface area contributed by atoms with Crippen molar-refractivity contribution < 1.29 is 9.53 Å². The topological polar surface area (TPSA) is 57.7 Å². The maximum Gasteiger partial charge on any atom is 0.317 e. The van der Waals surface area contributed by atoms with Gasteiger partial charge in [0.05, 0.1) is 24.2 Å². The molecule has 6 nitrogen and oxygen atoms in total. The number of nitrogens with zero attached hydrogens (tertiary/aromatic N) is 3. The van der Waals surface area contributed by atoms with E-state index >= 15 is 0 Å². The molecule has 1 aromatic carbocycles. The Morgan fingerprint density at radius 2 is 1.93 bits per heavy atom. The van der Waals surface area contributed by atoms with Gasteiger partial charge < -0.3 is 15.0 Å². The van der Waals surface area contributed by atoms with Crippen LogP contribution in [-0.4, -0.2) is 54.1 Å². The number of rotatable bonds is 6. The number of carbonyl (C=O) groups excluding carboxylic acids is 1. The van der Waals surface area contributed by atoms with E-state index in [0.29, 0.717) is 6.54 Å². The Morgan fingerprint density at radius 1 is 1.14 bits per heavy atom. The Bertz CT molecular complexity index is 917. The molecular formula is C21H24N4O2S2. The third kappa shape index (κ3) is 5.14. The molecule has 0 bridgehead atoms. The van der Waals surface area contributed by atoms with Gasteiger partial charge in [-0.3, -0.25) is 4.90 Å². The summed E-state index contributed by atoms with van der Waals surface area (Å²) in [5.74, 6) is 0.818.